The van der Waals surface area contributed by atoms with Gasteiger partial charge < -0.3 is 0 Å². The Labute approximate surface area is 282 Å². The summed E-state index contributed by atoms with van der Waals surface area (Å²) < 4.78 is 3.53. The molecule has 0 unspecified atom stereocenters. The molecule has 0 N–H and O–H groups in total. The van der Waals surface area contributed by atoms with E-state index in [1.54, 1.807) is 23.5 Å². The Bertz CT molecular complexity index is 1670. The van der Waals surface area contributed by atoms with Gasteiger partial charge in [0.1, 0.15) is 0 Å². The summed E-state index contributed by atoms with van der Waals surface area (Å²) in [4.78, 5) is 12.1. The van der Waals surface area contributed by atoms with Crippen LogP contribution in [-0.4, -0.2) is 43.3 Å². The minimum Gasteiger partial charge on any atom is -0.0874 e. The number of rotatable bonds is 4. The van der Waals surface area contributed by atoms with Crippen molar-refractivity contribution in [1.29, 1.82) is 10.5 Å². The van der Waals surface area contributed by atoms with Gasteiger partial charge in [0, 0.05) is 0 Å². The third kappa shape index (κ3) is 7.99. The van der Waals surface area contributed by atoms with Crippen molar-refractivity contribution in [1.82, 2.24) is 9.97 Å². The molecule has 0 fully saturated rings. The van der Waals surface area contributed by atoms with Crippen LogP contribution in [0.25, 0.3) is 19.6 Å². The monoisotopic (exact) mass is 784 g/mol. The van der Waals surface area contributed by atoms with Gasteiger partial charge in [-0.2, -0.15) is 0 Å². The largest absolute Gasteiger partial charge is 0.180 e. The second-order valence-electron chi connectivity index (χ2n) is 11.3. The van der Waals surface area contributed by atoms with Crippen LogP contribution in [0, 0.1) is 22.7 Å². The molecule has 0 bridgehead atoms. The van der Waals surface area contributed by atoms with Gasteiger partial charge in [-0.05, 0) is 0 Å². The Morgan fingerprint density at radius 3 is 1.21 bits per heavy atom. The smallest absolute Gasteiger partial charge is 0.0874 e. The molecule has 0 aliphatic carbocycles. The van der Waals surface area contributed by atoms with Crippen molar-refractivity contribution in [3.63, 3.8) is 0 Å². The Morgan fingerprint density at radius 2 is 0.952 bits per heavy atom. The molecule has 0 saturated heterocycles. The predicted octanol–water partition coefficient (Wildman–Crippen LogP) is 9.52. The summed E-state index contributed by atoms with van der Waals surface area (Å²) in [5.41, 5.74) is 4.91. The Hall–Kier alpha value is -1.41. The molecular weight excluding hydrogens is 757 g/mol. The number of hydrogen-bond acceptors (Lipinski definition) is 6. The van der Waals surface area contributed by atoms with Crippen molar-refractivity contribution >= 4 is 107 Å². The average molecular weight is 784 g/mol. The van der Waals surface area contributed by atoms with Crippen molar-refractivity contribution in [2.24, 2.45) is 0 Å². The number of nitrogens with zero attached hydrogens (tertiary/aromatic N) is 4. The van der Waals surface area contributed by atoms with E-state index in [4.69, 9.17) is 44.8 Å². The first-order valence-corrected chi connectivity index (χ1v) is 19.1. The van der Waals surface area contributed by atoms with Crippen molar-refractivity contribution < 1.29 is 0 Å². The zero-order valence-corrected chi connectivity index (χ0v) is 31.1. The molecule has 4 nitrogen and oxygen atoms in total. The molecule has 5 rings (SSSR count). The number of fused-ring (bicyclic) bond motifs is 3. The van der Waals surface area contributed by atoms with Gasteiger partial charge in [-0.15, -0.1) is 0 Å². The summed E-state index contributed by atoms with van der Waals surface area (Å²) in [5.74, 6) is 0. The summed E-state index contributed by atoms with van der Waals surface area (Å²) in [6, 6.07) is 21.9. The normalized spacial score (nSPS) is 11.8. The summed E-state index contributed by atoms with van der Waals surface area (Å²) >= 11 is 17.7. The molecule has 5 aromatic rings. The summed E-state index contributed by atoms with van der Waals surface area (Å²) in [6.45, 7) is 13.3. The van der Waals surface area contributed by atoms with Crippen LogP contribution < -0.4 is 0 Å². The number of aromatic nitrogens is 2. The fourth-order valence-corrected chi connectivity index (χ4v) is 12.0. The van der Waals surface area contributed by atoms with Crippen LogP contribution >= 0.6 is 58.3 Å². The van der Waals surface area contributed by atoms with E-state index in [0.717, 1.165) is 26.1 Å². The molecule has 2 heterocycles. The van der Waals surface area contributed by atoms with E-state index >= 15 is 0 Å². The van der Waals surface area contributed by atoms with Crippen LogP contribution in [0.2, 0.25) is 0 Å². The fourth-order valence-electron chi connectivity index (χ4n) is 4.04. The third-order valence-electron chi connectivity index (χ3n) is 6.22. The molecule has 2 aromatic heterocycles. The first-order chi connectivity index (χ1) is 19.7. The zero-order chi connectivity index (χ0) is 30.8. The maximum absolute atomic E-state index is 10.0. The minimum absolute atomic E-state index is 0.0297. The van der Waals surface area contributed by atoms with E-state index < -0.39 is 4.30 Å². The first kappa shape index (κ1) is 33.5. The van der Waals surface area contributed by atoms with Crippen LogP contribution in [0.1, 0.15) is 63.8 Å². The van der Waals surface area contributed by atoms with E-state index in [2.05, 4.69) is 102 Å². The predicted molar refractivity (Wildman–Crippen MR) is 180 cm³/mol. The SMILES string of the molecule is CC(C)(C)c1ccc(Sc2nc3c(C#N)c(C#N)c4nc(Sc5ccc(C(C)(C)C)cc5)[se]c4c3[se]2)cc1.ClC(Cl)Cl. The van der Waals surface area contributed by atoms with Gasteiger partial charge in [0.15, 0.2) is 4.30 Å². The number of nitriles is 2. The van der Waals surface area contributed by atoms with E-state index in [9.17, 15) is 10.5 Å². The summed E-state index contributed by atoms with van der Waals surface area (Å²) in [5, 5.41) is 20.0. The summed E-state index contributed by atoms with van der Waals surface area (Å²) in [6.07, 6.45) is 0. The van der Waals surface area contributed by atoms with Crippen molar-refractivity contribution in [2.75, 3.05) is 0 Å². The van der Waals surface area contributed by atoms with Crippen LogP contribution in [0.15, 0.2) is 66.1 Å². The van der Waals surface area contributed by atoms with Crippen LogP contribution in [-0.2, 0) is 10.8 Å². The maximum Gasteiger partial charge on any atom is 0.180 e. The van der Waals surface area contributed by atoms with Gasteiger partial charge in [-0.25, -0.2) is 0 Å². The van der Waals surface area contributed by atoms with E-state index in [-0.39, 0.29) is 39.8 Å². The van der Waals surface area contributed by atoms with Gasteiger partial charge >= 0.3 is 245 Å². The molecule has 0 spiro atoms. The van der Waals surface area contributed by atoms with Gasteiger partial charge in [-0.1, -0.05) is 34.8 Å². The minimum atomic E-state index is -0.750. The van der Waals surface area contributed by atoms with E-state index in [1.165, 1.54) is 11.1 Å². The van der Waals surface area contributed by atoms with Crippen molar-refractivity contribution in [3.8, 4) is 12.1 Å². The number of alkyl halides is 3. The molecule has 0 atom stereocenters. The standard InChI is InChI=1S/C30H26N4S2Se2.CHCl3/c1-29(2,3)17-7-11-19(12-8-17)35-27-33-23-21(15-31)22(16-32)24-26(25(23)37-27)38-28(34-24)36-20-13-9-18(10-14-20)30(4,5)6;2-1(3)4/h7-14H,1-6H3;1H. The zero-order valence-electron chi connectivity index (χ0n) is 23.8. The molecule has 0 amide bonds. The van der Waals surface area contributed by atoms with Crippen molar-refractivity contribution in [3.05, 3.63) is 70.8 Å². The second-order valence-corrected chi connectivity index (χ2v) is 20.8. The molecule has 216 valence electrons. The number of hydrogen-bond donors (Lipinski definition) is 0. The molecule has 0 aliphatic rings. The maximum atomic E-state index is 10.0. The Balaban J connectivity index is 0.000000952. The van der Waals surface area contributed by atoms with Gasteiger partial charge in [-0.3, -0.25) is 0 Å². The second kappa shape index (κ2) is 13.7. The Morgan fingerprint density at radius 1 is 0.643 bits per heavy atom. The van der Waals surface area contributed by atoms with Crippen LogP contribution in [0.3, 0.4) is 0 Å². The van der Waals surface area contributed by atoms with Gasteiger partial charge in [0.2, 0.25) is 0 Å². The van der Waals surface area contributed by atoms with E-state index in [0.29, 0.717) is 22.2 Å². The quantitative estimate of drug-likeness (QED) is 0.134. The van der Waals surface area contributed by atoms with E-state index in [1.807, 2.05) is 0 Å². The molecule has 0 radical (unpaired) electrons. The topological polar surface area (TPSA) is 73.4 Å². The molecule has 3 aromatic carbocycles. The van der Waals surface area contributed by atoms with Gasteiger partial charge in [0.05, 0.1) is 0 Å². The number of halogens is 3. The third-order valence-corrected chi connectivity index (χ3v) is 14.0. The first-order valence-electron chi connectivity index (χ1n) is 12.8. The number of benzene rings is 3. The van der Waals surface area contributed by atoms with Gasteiger partial charge in [0.25, 0.3) is 0 Å². The molecule has 0 aliphatic heterocycles. The van der Waals surface area contributed by atoms with Crippen LogP contribution in [0.5, 0.6) is 0 Å². The molecule has 0 saturated carbocycles. The molecule has 11 heteroatoms. The van der Waals surface area contributed by atoms with Crippen LogP contribution in [0.4, 0.5) is 0 Å². The molecule has 42 heavy (non-hydrogen) atoms. The molecular formula is C31H27Cl3N4S2Se2. The van der Waals surface area contributed by atoms with Crippen molar-refractivity contribution in [2.45, 2.75) is 74.3 Å². The summed E-state index contributed by atoms with van der Waals surface area (Å²) in [7, 11) is 0. The fraction of sp³-hybridized carbons (Fsp3) is 0.290. The average Bonchev–Trinajstić information content (AvgIpc) is 3.51. The Kier molecular flexibility index (Phi) is 10.9.